The standard InChI is InChI=1S/C22H29NO3.ClH/c1-24-20-11-5-16(6-12-20)4-8-18-9-10-19(23-18)14-17-7-13-21(25-2)22(15-17)26-3;/h5-7,11-13,15,18-19,23H,4,8-10,14H2,1-3H3;1H/t18-,19-;/m0./s1. The van der Waals surface area contributed by atoms with Gasteiger partial charge in [-0.05, 0) is 67.5 Å². The summed E-state index contributed by atoms with van der Waals surface area (Å²) >= 11 is 0. The molecule has 0 radical (unpaired) electrons. The van der Waals surface area contributed by atoms with Gasteiger partial charge < -0.3 is 19.5 Å². The second kappa shape index (κ2) is 10.4. The van der Waals surface area contributed by atoms with E-state index in [1.54, 1.807) is 21.3 Å². The van der Waals surface area contributed by atoms with Gasteiger partial charge in [0.05, 0.1) is 21.3 Å². The van der Waals surface area contributed by atoms with Crippen LogP contribution in [-0.4, -0.2) is 33.4 Å². The van der Waals surface area contributed by atoms with Gasteiger partial charge in [0.2, 0.25) is 0 Å². The molecule has 3 rings (SSSR count). The fraction of sp³-hybridized carbons (Fsp3) is 0.455. The lowest BCUT2D eigenvalue weighted by atomic mass is 10.0. The molecule has 0 unspecified atom stereocenters. The van der Waals surface area contributed by atoms with Gasteiger partial charge in [0.25, 0.3) is 0 Å². The van der Waals surface area contributed by atoms with Crippen LogP contribution in [0.25, 0.3) is 0 Å². The Morgan fingerprint density at radius 1 is 0.815 bits per heavy atom. The zero-order valence-corrected chi connectivity index (χ0v) is 17.2. The van der Waals surface area contributed by atoms with Gasteiger partial charge in [0.15, 0.2) is 11.5 Å². The van der Waals surface area contributed by atoms with E-state index >= 15 is 0 Å². The maximum Gasteiger partial charge on any atom is 0.160 e. The minimum absolute atomic E-state index is 0. The van der Waals surface area contributed by atoms with E-state index in [-0.39, 0.29) is 12.4 Å². The summed E-state index contributed by atoms with van der Waals surface area (Å²) in [6.45, 7) is 0. The van der Waals surface area contributed by atoms with Crippen molar-refractivity contribution >= 4 is 12.4 Å². The number of aryl methyl sites for hydroxylation is 1. The Hall–Kier alpha value is -1.91. The average molecular weight is 392 g/mol. The van der Waals surface area contributed by atoms with E-state index in [9.17, 15) is 0 Å². The van der Waals surface area contributed by atoms with Crippen molar-refractivity contribution in [3.63, 3.8) is 0 Å². The molecule has 1 fully saturated rings. The van der Waals surface area contributed by atoms with Gasteiger partial charge in [-0.3, -0.25) is 0 Å². The van der Waals surface area contributed by atoms with E-state index in [1.807, 2.05) is 18.2 Å². The summed E-state index contributed by atoms with van der Waals surface area (Å²) in [5, 5.41) is 3.80. The molecule has 2 aromatic carbocycles. The number of hydrogen-bond donors (Lipinski definition) is 1. The van der Waals surface area contributed by atoms with Gasteiger partial charge in [0.1, 0.15) is 5.75 Å². The fourth-order valence-electron chi connectivity index (χ4n) is 3.72. The lowest BCUT2D eigenvalue weighted by Crippen LogP contribution is -2.31. The Balaban J connectivity index is 0.00000261. The van der Waals surface area contributed by atoms with Crippen LogP contribution in [0.5, 0.6) is 17.2 Å². The Kier molecular flexibility index (Phi) is 8.26. The Morgan fingerprint density at radius 3 is 2.15 bits per heavy atom. The smallest absolute Gasteiger partial charge is 0.160 e. The molecule has 1 aliphatic heterocycles. The molecule has 27 heavy (non-hydrogen) atoms. The third kappa shape index (κ3) is 5.78. The maximum absolute atomic E-state index is 5.41. The van der Waals surface area contributed by atoms with Crippen LogP contribution >= 0.6 is 12.4 Å². The lowest BCUT2D eigenvalue weighted by molar-refractivity contribution is 0.354. The molecule has 0 spiro atoms. The number of benzene rings is 2. The summed E-state index contributed by atoms with van der Waals surface area (Å²) in [5.74, 6) is 2.51. The molecule has 2 aromatic rings. The zero-order chi connectivity index (χ0) is 18.4. The monoisotopic (exact) mass is 391 g/mol. The predicted octanol–water partition coefficient (Wildman–Crippen LogP) is 4.43. The van der Waals surface area contributed by atoms with E-state index in [2.05, 4.69) is 29.6 Å². The normalized spacial score (nSPS) is 18.6. The van der Waals surface area contributed by atoms with Crippen LogP contribution in [-0.2, 0) is 12.8 Å². The highest BCUT2D eigenvalue weighted by Gasteiger charge is 2.23. The van der Waals surface area contributed by atoms with Crippen LogP contribution < -0.4 is 19.5 Å². The van der Waals surface area contributed by atoms with Gasteiger partial charge in [0, 0.05) is 12.1 Å². The number of ether oxygens (including phenoxy) is 3. The highest BCUT2D eigenvalue weighted by atomic mass is 35.5. The molecule has 0 bridgehead atoms. The Labute approximate surface area is 168 Å². The molecular weight excluding hydrogens is 362 g/mol. The van der Waals surface area contributed by atoms with Gasteiger partial charge >= 0.3 is 0 Å². The van der Waals surface area contributed by atoms with Crippen LogP contribution in [0.15, 0.2) is 42.5 Å². The molecular formula is C22H30ClNO3. The molecule has 1 N–H and O–H groups in total. The summed E-state index contributed by atoms with van der Waals surface area (Å²) in [6, 6.07) is 15.7. The number of halogens is 1. The second-order valence-electron chi connectivity index (χ2n) is 6.92. The summed E-state index contributed by atoms with van der Waals surface area (Å²) in [5.41, 5.74) is 2.66. The van der Waals surface area contributed by atoms with E-state index in [1.165, 1.54) is 30.4 Å². The Bertz CT molecular complexity index is 705. The highest BCUT2D eigenvalue weighted by molar-refractivity contribution is 5.85. The number of nitrogens with one attached hydrogen (secondary N) is 1. The molecule has 0 aromatic heterocycles. The SMILES string of the molecule is COc1ccc(CC[C@H]2CC[C@@H](Cc3ccc(OC)c(OC)c3)N2)cc1.Cl. The molecule has 1 saturated heterocycles. The minimum atomic E-state index is 0. The molecule has 4 nitrogen and oxygen atoms in total. The van der Waals surface area contributed by atoms with E-state index in [4.69, 9.17) is 14.2 Å². The van der Waals surface area contributed by atoms with E-state index in [0.717, 1.165) is 30.1 Å². The van der Waals surface area contributed by atoms with Crippen molar-refractivity contribution in [3.05, 3.63) is 53.6 Å². The first-order chi connectivity index (χ1) is 12.7. The van der Waals surface area contributed by atoms with Crippen LogP contribution in [0.1, 0.15) is 30.4 Å². The summed E-state index contributed by atoms with van der Waals surface area (Å²) in [6.07, 6.45) is 5.77. The van der Waals surface area contributed by atoms with Gasteiger partial charge in [-0.2, -0.15) is 0 Å². The van der Waals surface area contributed by atoms with Gasteiger partial charge in [-0.25, -0.2) is 0 Å². The lowest BCUT2D eigenvalue weighted by Gasteiger charge is -2.16. The average Bonchev–Trinajstić information content (AvgIpc) is 3.14. The largest absolute Gasteiger partial charge is 0.497 e. The van der Waals surface area contributed by atoms with Crippen molar-refractivity contribution in [1.29, 1.82) is 0 Å². The zero-order valence-electron chi connectivity index (χ0n) is 16.4. The molecule has 1 aliphatic rings. The second-order valence-corrected chi connectivity index (χ2v) is 6.92. The first kappa shape index (κ1) is 21.4. The van der Waals surface area contributed by atoms with Crippen LogP contribution in [0.3, 0.4) is 0 Å². The van der Waals surface area contributed by atoms with Crippen LogP contribution in [0.4, 0.5) is 0 Å². The van der Waals surface area contributed by atoms with Crippen molar-refractivity contribution in [1.82, 2.24) is 5.32 Å². The first-order valence-electron chi connectivity index (χ1n) is 9.31. The number of methoxy groups -OCH3 is 3. The molecule has 0 amide bonds. The quantitative estimate of drug-likeness (QED) is 0.722. The van der Waals surface area contributed by atoms with Crippen molar-refractivity contribution in [2.45, 2.75) is 44.2 Å². The molecule has 1 heterocycles. The summed E-state index contributed by atoms with van der Waals surface area (Å²) in [4.78, 5) is 0. The van der Waals surface area contributed by atoms with Gasteiger partial charge in [-0.1, -0.05) is 18.2 Å². The van der Waals surface area contributed by atoms with Crippen molar-refractivity contribution in [2.75, 3.05) is 21.3 Å². The number of hydrogen-bond acceptors (Lipinski definition) is 4. The highest BCUT2D eigenvalue weighted by Crippen LogP contribution is 2.29. The fourth-order valence-corrected chi connectivity index (χ4v) is 3.72. The van der Waals surface area contributed by atoms with E-state index in [0.29, 0.717) is 12.1 Å². The van der Waals surface area contributed by atoms with Crippen molar-refractivity contribution < 1.29 is 14.2 Å². The minimum Gasteiger partial charge on any atom is -0.497 e. The van der Waals surface area contributed by atoms with Crippen molar-refractivity contribution in [3.8, 4) is 17.2 Å². The summed E-state index contributed by atoms with van der Waals surface area (Å²) < 4.78 is 16.0. The molecule has 5 heteroatoms. The Morgan fingerprint density at radius 2 is 1.48 bits per heavy atom. The van der Waals surface area contributed by atoms with Crippen LogP contribution in [0.2, 0.25) is 0 Å². The van der Waals surface area contributed by atoms with Crippen molar-refractivity contribution in [2.24, 2.45) is 0 Å². The molecule has 2 atom stereocenters. The topological polar surface area (TPSA) is 39.7 Å². The predicted molar refractivity (Wildman–Crippen MR) is 112 cm³/mol. The molecule has 0 saturated carbocycles. The van der Waals surface area contributed by atoms with Crippen LogP contribution in [0, 0.1) is 0 Å². The molecule has 148 valence electrons. The number of rotatable bonds is 8. The van der Waals surface area contributed by atoms with E-state index < -0.39 is 0 Å². The third-order valence-corrected chi connectivity index (χ3v) is 5.21. The third-order valence-electron chi connectivity index (χ3n) is 5.21. The molecule has 0 aliphatic carbocycles. The summed E-state index contributed by atoms with van der Waals surface area (Å²) in [7, 11) is 5.06. The maximum atomic E-state index is 5.41. The van der Waals surface area contributed by atoms with Gasteiger partial charge in [-0.15, -0.1) is 12.4 Å². The first-order valence-corrected chi connectivity index (χ1v) is 9.31.